The SMILES string of the molecule is CCOCCS(=O)(=O)N(C)C(C)CC#N. The van der Waals surface area contributed by atoms with E-state index in [1.54, 1.807) is 6.92 Å². The predicted octanol–water partition coefficient (Wildman–Crippen LogP) is 0.587. The van der Waals surface area contributed by atoms with E-state index in [1.165, 1.54) is 11.4 Å². The minimum atomic E-state index is -3.30. The van der Waals surface area contributed by atoms with Crippen LogP contribution in [0.1, 0.15) is 20.3 Å². The lowest BCUT2D eigenvalue weighted by molar-refractivity contribution is 0.162. The molecule has 0 amide bonds. The standard InChI is InChI=1S/C9H18N2O3S/c1-4-14-7-8-15(12,13)11(3)9(2)5-6-10/h9H,4-5,7-8H2,1-3H3. The fraction of sp³-hybridized carbons (Fsp3) is 0.889. The maximum Gasteiger partial charge on any atom is 0.216 e. The summed E-state index contributed by atoms with van der Waals surface area (Å²) in [5.41, 5.74) is 0. The van der Waals surface area contributed by atoms with Crippen molar-refractivity contribution in [1.29, 1.82) is 5.26 Å². The van der Waals surface area contributed by atoms with Gasteiger partial charge in [-0.2, -0.15) is 5.26 Å². The highest BCUT2D eigenvalue weighted by Crippen LogP contribution is 2.07. The smallest absolute Gasteiger partial charge is 0.216 e. The molecule has 15 heavy (non-hydrogen) atoms. The summed E-state index contributed by atoms with van der Waals surface area (Å²) in [6.07, 6.45) is 0.199. The molecule has 0 aliphatic heterocycles. The van der Waals surface area contributed by atoms with Gasteiger partial charge in [0, 0.05) is 19.7 Å². The molecule has 0 N–H and O–H groups in total. The molecule has 0 radical (unpaired) electrons. The van der Waals surface area contributed by atoms with Gasteiger partial charge in [0.05, 0.1) is 24.8 Å². The van der Waals surface area contributed by atoms with E-state index in [1.807, 2.05) is 13.0 Å². The quantitative estimate of drug-likeness (QED) is 0.604. The van der Waals surface area contributed by atoms with Crippen LogP contribution in [0.4, 0.5) is 0 Å². The first-order valence-electron chi connectivity index (χ1n) is 4.86. The van der Waals surface area contributed by atoms with Crippen LogP contribution in [-0.4, -0.2) is 44.8 Å². The van der Waals surface area contributed by atoms with Crippen molar-refractivity contribution in [2.45, 2.75) is 26.3 Å². The van der Waals surface area contributed by atoms with Crippen LogP contribution >= 0.6 is 0 Å². The van der Waals surface area contributed by atoms with Crippen molar-refractivity contribution < 1.29 is 13.2 Å². The Morgan fingerprint density at radius 1 is 1.53 bits per heavy atom. The number of sulfonamides is 1. The summed E-state index contributed by atoms with van der Waals surface area (Å²) in [4.78, 5) is 0. The van der Waals surface area contributed by atoms with E-state index in [9.17, 15) is 8.42 Å². The van der Waals surface area contributed by atoms with Crippen molar-refractivity contribution in [3.63, 3.8) is 0 Å². The summed E-state index contributed by atoms with van der Waals surface area (Å²) in [5.74, 6) is -0.0346. The van der Waals surface area contributed by atoms with Crippen molar-refractivity contribution in [2.75, 3.05) is 26.0 Å². The van der Waals surface area contributed by atoms with Gasteiger partial charge in [-0.3, -0.25) is 0 Å². The second-order valence-corrected chi connectivity index (χ2v) is 5.39. The molecule has 0 aromatic rings. The lowest BCUT2D eigenvalue weighted by Crippen LogP contribution is -2.37. The van der Waals surface area contributed by atoms with Crippen LogP contribution in [0.3, 0.4) is 0 Å². The van der Waals surface area contributed by atoms with E-state index in [4.69, 9.17) is 10.00 Å². The summed E-state index contributed by atoms with van der Waals surface area (Å²) in [6.45, 7) is 4.23. The number of hydrogen-bond acceptors (Lipinski definition) is 4. The molecule has 6 heteroatoms. The fourth-order valence-electron chi connectivity index (χ4n) is 0.987. The van der Waals surface area contributed by atoms with Gasteiger partial charge in [0.25, 0.3) is 0 Å². The molecule has 0 fully saturated rings. The Kier molecular flexibility index (Phi) is 6.48. The molecule has 1 atom stereocenters. The molecule has 0 saturated heterocycles. The van der Waals surface area contributed by atoms with Gasteiger partial charge in [0.1, 0.15) is 0 Å². The van der Waals surface area contributed by atoms with Crippen LogP contribution in [0.2, 0.25) is 0 Å². The second-order valence-electron chi connectivity index (χ2n) is 3.24. The molecular formula is C9H18N2O3S. The normalized spacial score (nSPS) is 13.8. The lowest BCUT2D eigenvalue weighted by Gasteiger charge is -2.22. The van der Waals surface area contributed by atoms with Crippen LogP contribution in [0.25, 0.3) is 0 Å². The van der Waals surface area contributed by atoms with Gasteiger partial charge in [-0.25, -0.2) is 12.7 Å². The molecule has 88 valence electrons. The number of nitrogens with zero attached hydrogens (tertiary/aromatic N) is 2. The lowest BCUT2D eigenvalue weighted by atomic mass is 10.3. The molecule has 5 nitrogen and oxygen atoms in total. The molecule has 0 spiro atoms. The van der Waals surface area contributed by atoms with Gasteiger partial charge in [0.2, 0.25) is 10.0 Å². The Morgan fingerprint density at radius 3 is 2.60 bits per heavy atom. The summed E-state index contributed by atoms with van der Waals surface area (Å²) >= 11 is 0. The minimum Gasteiger partial charge on any atom is -0.381 e. The first-order valence-corrected chi connectivity index (χ1v) is 6.47. The first-order chi connectivity index (χ1) is 6.95. The largest absolute Gasteiger partial charge is 0.381 e. The monoisotopic (exact) mass is 234 g/mol. The minimum absolute atomic E-state index is 0.0346. The number of hydrogen-bond donors (Lipinski definition) is 0. The Morgan fingerprint density at radius 2 is 2.13 bits per heavy atom. The van der Waals surface area contributed by atoms with Crippen LogP contribution < -0.4 is 0 Å². The molecule has 0 rings (SSSR count). The zero-order valence-corrected chi connectivity index (χ0v) is 10.2. The molecule has 0 saturated carbocycles. The molecule has 0 bridgehead atoms. The Hall–Kier alpha value is -0.640. The summed E-state index contributed by atoms with van der Waals surface area (Å²) in [7, 11) is -1.81. The Bertz CT molecular complexity index is 308. The van der Waals surface area contributed by atoms with E-state index in [0.29, 0.717) is 6.61 Å². The third-order valence-corrected chi connectivity index (χ3v) is 4.06. The van der Waals surface area contributed by atoms with Gasteiger partial charge in [-0.15, -0.1) is 0 Å². The molecule has 0 aromatic carbocycles. The Labute approximate surface area is 91.7 Å². The van der Waals surface area contributed by atoms with E-state index >= 15 is 0 Å². The molecule has 0 aliphatic carbocycles. The van der Waals surface area contributed by atoms with Crippen molar-refractivity contribution >= 4 is 10.0 Å². The first kappa shape index (κ1) is 14.4. The van der Waals surface area contributed by atoms with Crippen molar-refractivity contribution in [1.82, 2.24) is 4.31 Å². The zero-order valence-electron chi connectivity index (χ0n) is 9.43. The van der Waals surface area contributed by atoms with Crippen LogP contribution in [0.15, 0.2) is 0 Å². The van der Waals surface area contributed by atoms with Crippen molar-refractivity contribution in [3.05, 3.63) is 0 Å². The summed E-state index contributed by atoms with van der Waals surface area (Å²) < 4.78 is 29.5. The maximum absolute atomic E-state index is 11.7. The van der Waals surface area contributed by atoms with Crippen LogP contribution in [-0.2, 0) is 14.8 Å². The second kappa shape index (κ2) is 6.77. The molecular weight excluding hydrogens is 216 g/mol. The van der Waals surface area contributed by atoms with Gasteiger partial charge >= 0.3 is 0 Å². The van der Waals surface area contributed by atoms with Crippen LogP contribution in [0, 0.1) is 11.3 Å². The highest BCUT2D eigenvalue weighted by Gasteiger charge is 2.22. The van der Waals surface area contributed by atoms with Gasteiger partial charge in [0.15, 0.2) is 0 Å². The average molecular weight is 234 g/mol. The third kappa shape index (κ3) is 5.11. The van der Waals surface area contributed by atoms with Crippen molar-refractivity contribution in [2.24, 2.45) is 0 Å². The number of nitriles is 1. The van der Waals surface area contributed by atoms with Crippen molar-refractivity contribution in [3.8, 4) is 6.07 Å². The van der Waals surface area contributed by atoms with E-state index < -0.39 is 10.0 Å². The Balaban J connectivity index is 4.27. The highest BCUT2D eigenvalue weighted by atomic mass is 32.2. The third-order valence-electron chi connectivity index (χ3n) is 2.14. The predicted molar refractivity (Wildman–Crippen MR) is 57.7 cm³/mol. The van der Waals surface area contributed by atoms with E-state index in [2.05, 4.69) is 0 Å². The molecule has 0 aliphatic rings. The molecule has 0 heterocycles. The van der Waals surface area contributed by atoms with Crippen LogP contribution in [0.5, 0.6) is 0 Å². The summed E-state index contributed by atoms with van der Waals surface area (Å²) in [6, 6.07) is 1.66. The number of rotatable bonds is 7. The summed E-state index contributed by atoms with van der Waals surface area (Å²) in [5, 5.41) is 8.47. The maximum atomic E-state index is 11.7. The van der Waals surface area contributed by atoms with E-state index in [-0.39, 0.29) is 24.8 Å². The fourth-order valence-corrected chi connectivity index (χ4v) is 2.23. The molecule has 0 aromatic heterocycles. The average Bonchev–Trinajstić information content (AvgIpc) is 2.17. The molecule has 1 unspecified atom stereocenters. The number of ether oxygens (including phenoxy) is 1. The van der Waals surface area contributed by atoms with E-state index in [0.717, 1.165) is 0 Å². The van der Waals surface area contributed by atoms with Gasteiger partial charge in [-0.05, 0) is 13.8 Å². The topological polar surface area (TPSA) is 70.4 Å². The zero-order chi connectivity index (χ0) is 11.9. The highest BCUT2D eigenvalue weighted by molar-refractivity contribution is 7.89. The van der Waals surface area contributed by atoms with Gasteiger partial charge in [-0.1, -0.05) is 0 Å². The van der Waals surface area contributed by atoms with Gasteiger partial charge < -0.3 is 4.74 Å².